The predicted molar refractivity (Wildman–Crippen MR) is 97.8 cm³/mol. The van der Waals surface area contributed by atoms with Crippen molar-refractivity contribution in [3.8, 4) is 5.75 Å². The van der Waals surface area contributed by atoms with Crippen LogP contribution in [0.5, 0.6) is 5.75 Å². The van der Waals surface area contributed by atoms with Crippen LogP contribution >= 0.6 is 0 Å². The number of likely N-dealkylation sites (tertiary alicyclic amines) is 1. The number of ether oxygens (including phenoxy) is 2. The van der Waals surface area contributed by atoms with Crippen LogP contribution in [0.15, 0.2) is 36.5 Å². The molecule has 134 valence electrons. The number of fused-ring (bicyclic) bond motifs is 1. The van der Waals surface area contributed by atoms with Gasteiger partial charge in [-0.3, -0.25) is 4.98 Å². The standard InChI is InChI=1S/C20H26N2O3/c1-20(2,3)25-19(23)22-12-6-7-15(13-22)14-24-17-10-4-8-16-9-5-11-21-18(16)17/h4-5,8-11,15H,6-7,12-14H2,1-3H3/t15-/m1/s1. The van der Waals surface area contributed by atoms with Crippen LogP contribution in [0.2, 0.25) is 0 Å². The lowest BCUT2D eigenvalue weighted by Crippen LogP contribution is -2.44. The number of carbonyl (C=O) groups is 1. The summed E-state index contributed by atoms with van der Waals surface area (Å²) in [5.41, 5.74) is 0.416. The predicted octanol–water partition coefficient (Wildman–Crippen LogP) is 4.26. The molecule has 25 heavy (non-hydrogen) atoms. The molecule has 5 heteroatoms. The summed E-state index contributed by atoms with van der Waals surface area (Å²) in [6.07, 6.45) is 3.57. The lowest BCUT2D eigenvalue weighted by atomic mass is 9.99. The highest BCUT2D eigenvalue weighted by Crippen LogP contribution is 2.25. The van der Waals surface area contributed by atoms with Gasteiger partial charge in [0.1, 0.15) is 16.9 Å². The van der Waals surface area contributed by atoms with E-state index in [1.807, 2.05) is 51.1 Å². The Kier molecular flexibility index (Phi) is 5.11. The molecule has 2 aromatic rings. The molecule has 1 aliphatic rings. The number of benzene rings is 1. The maximum absolute atomic E-state index is 12.3. The molecule has 0 N–H and O–H groups in total. The SMILES string of the molecule is CC(C)(C)OC(=O)N1CCC[C@@H](COc2cccc3cccnc23)C1. The van der Waals surface area contributed by atoms with Crippen LogP contribution in [0.25, 0.3) is 10.9 Å². The molecule has 0 aliphatic carbocycles. The number of amides is 1. The molecule has 0 bridgehead atoms. The summed E-state index contributed by atoms with van der Waals surface area (Å²) in [5, 5.41) is 1.07. The fourth-order valence-corrected chi connectivity index (χ4v) is 3.09. The molecule has 5 nitrogen and oxygen atoms in total. The third kappa shape index (κ3) is 4.62. The minimum Gasteiger partial charge on any atom is -0.491 e. The van der Waals surface area contributed by atoms with Gasteiger partial charge in [-0.2, -0.15) is 0 Å². The van der Waals surface area contributed by atoms with E-state index in [1.165, 1.54) is 0 Å². The van der Waals surface area contributed by atoms with Crippen molar-refractivity contribution in [2.75, 3.05) is 19.7 Å². The van der Waals surface area contributed by atoms with Crippen molar-refractivity contribution in [2.45, 2.75) is 39.2 Å². The number of para-hydroxylation sites is 1. The second-order valence-electron chi connectivity index (χ2n) is 7.58. The van der Waals surface area contributed by atoms with E-state index in [1.54, 1.807) is 11.1 Å². The van der Waals surface area contributed by atoms with Gasteiger partial charge in [0.05, 0.1) is 6.61 Å². The van der Waals surface area contributed by atoms with Crippen LogP contribution < -0.4 is 4.74 Å². The summed E-state index contributed by atoms with van der Waals surface area (Å²) in [4.78, 5) is 18.5. The Morgan fingerprint density at radius 2 is 2.08 bits per heavy atom. The lowest BCUT2D eigenvalue weighted by molar-refractivity contribution is 0.0139. The average Bonchev–Trinajstić information content (AvgIpc) is 2.59. The Morgan fingerprint density at radius 3 is 2.88 bits per heavy atom. The number of carbonyl (C=O) groups excluding carboxylic acids is 1. The van der Waals surface area contributed by atoms with E-state index in [0.29, 0.717) is 19.1 Å². The number of hydrogen-bond donors (Lipinski definition) is 0. The Hall–Kier alpha value is -2.30. The molecule has 1 aromatic carbocycles. The molecular weight excluding hydrogens is 316 g/mol. The highest BCUT2D eigenvalue weighted by molar-refractivity contribution is 5.84. The third-order valence-corrected chi connectivity index (χ3v) is 4.24. The van der Waals surface area contributed by atoms with Gasteiger partial charge < -0.3 is 14.4 Å². The molecule has 1 aromatic heterocycles. The van der Waals surface area contributed by atoms with Crippen LogP contribution in [0.1, 0.15) is 33.6 Å². The van der Waals surface area contributed by atoms with Crippen molar-refractivity contribution in [1.29, 1.82) is 0 Å². The second-order valence-corrected chi connectivity index (χ2v) is 7.58. The second kappa shape index (κ2) is 7.30. The van der Waals surface area contributed by atoms with E-state index in [-0.39, 0.29) is 6.09 Å². The summed E-state index contributed by atoms with van der Waals surface area (Å²) < 4.78 is 11.5. The van der Waals surface area contributed by atoms with E-state index in [4.69, 9.17) is 9.47 Å². The smallest absolute Gasteiger partial charge is 0.410 e. The minimum atomic E-state index is -0.463. The topological polar surface area (TPSA) is 51.7 Å². The summed E-state index contributed by atoms with van der Waals surface area (Å²) in [6.45, 7) is 7.68. The maximum atomic E-state index is 12.3. The van der Waals surface area contributed by atoms with Crippen molar-refractivity contribution < 1.29 is 14.3 Å². The van der Waals surface area contributed by atoms with Gasteiger partial charge in [-0.05, 0) is 45.7 Å². The van der Waals surface area contributed by atoms with Gasteiger partial charge in [-0.25, -0.2) is 4.79 Å². The Balaban J connectivity index is 1.60. The molecule has 1 saturated heterocycles. The van der Waals surface area contributed by atoms with Gasteiger partial charge in [0, 0.05) is 30.6 Å². The highest BCUT2D eigenvalue weighted by atomic mass is 16.6. The Labute approximate surface area is 148 Å². The third-order valence-electron chi connectivity index (χ3n) is 4.24. The Bertz CT molecular complexity index is 734. The van der Waals surface area contributed by atoms with Crippen LogP contribution in [-0.4, -0.2) is 41.3 Å². The Morgan fingerprint density at radius 1 is 1.28 bits per heavy atom. The van der Waals surface area contributed by atoms with Gasteiger partial charge >= 0.3 is 6.09 Å². The molecule has 0 saturated carbocycles. The van der Waals surface area contributed by atoms with Gasteiger partial charge in [0.25, 0.3) is 0 Å². The number of hydrogen-bond acceptors (Lipinski definition) is 4. The van der Waals surface area contributed by atoms with E-state index < -0.39 is 5.60 Å². The molecule has 1 aliphatic heterocycles. The zero-order valence-corrected chi connectivity index (χ0v) is 15.2. The van der Waals surface area contributed by atoms with Crippen molar-refractivity contribution >= 4 is 17.0 Å². The number of pyridine rings is 1. The highest BCUT2D eigenvalue weighted by Gasteiger charge is 2.28. The van der Waals surface area contributed by atoms with E-state index in [0.717, 1.165) is 36.0 Å². The van der Waals surface area contributed by atoms with E-state index >= 15 is 0 Å². The number of rotatable bonds is 3. The molecule has 2 heterocycles. The summed E-state index contributed by atoms with van der Waals surface area (Å²) in [7, 11) is 0. The molecular formula is C20H26N2O3. The molecule has 1 amide bonds. The molecule has 3 rings (SSSR count). The molecule has 0 spiro atoms. The monoisotopic (exact) mass is 342 g/mol. The van der Waals surface area contributed by atoms with Crippen molar-refractivity contribution in [1.82, 2.24) is 9.88 Å². The minimum absolute atomic E-state index is 0.232. The zero-order valence-electron chi connectivity index (χ0n) is 15.2. The maximum Gasteiger partial charge on any atom is 0.410 e. The van der Waals surface area contributed by atoms with Crippen molar-refractivity contribution in [2.24, 2.45) is 5.92 Å². The first-order valence-electron chi connectivity index (χ1n) is 8.87. The zero-order chi connectivity index (χ0) is 17.9. The van der Waals surface area contributed by atoms with Crippen molar-refractivity contribution in [3.63, 3.8) is 0 Å². The fraction of sp³-hybridized carbons (Fsp3) is 0.500. The largest absolute Gasteiger partial charge is 0.491 e. The first kappa shape index (κ1) is 17.5. The fourth-order valence-electron chi connectivity index (χ4n) is 3.09. The number of nitrogens with zero attached hydrogens (tertiary/aromatic N) is 2. The molecule has 0 radical (unpaired) electrons. The van der Waals surface area contributed by atoms with Crippen molar-refractivity contribution in [3.05, 3.63) is 36.5 Å². The van der Waals surface area contributed by atoms with Crippen LogP contribution in [0.4, 0.5) is 4.79 Å². The lowest BCUT2D eigenvalue weighted by Gasteiger charge is -2.34. The first-order valence-corrected chi connectivity index (χ1v) is 8.87. The van der Waals surface area contributed by atoms with Gasteiger partial charge in [-0.1, -0.05) is 18.2 Å². The normalized spacial score (nSPS) is 18.2. The quantitative estimate of drug-likeness (QED) is 0.836. The molecule has 1 fully saturated rings. The van der Waals surface area contributed by atoms with Gasteiger partial charge in [-0.15, -0.1) is 0 Å². The van der Waals surface area contributed by atoms with Crippen LogP contribution in [0.3, 0.4) is 0 Å². The summed E-state index contributed by atoms with van der Waals surface area (Å²) >= 11 is 0. The van der Waals surface area contributed by atoms with Crippen LogP contribution in [-0.2, 0) is 4.74 Å². The average molecular weight is 342 g/mol. The first-order chi connectivity index (χ1) is 11.9. The van der Waals surface area contributed by atoms with E-state index in [9.17, 15) is 4.79 Å². The van der Waals surface area contributed by atoms with Gasteiger partial charge in [0.2, 0.25) is 0 Å². The van der Waals surface area contributed by atoms with Crippen LogP contribution in [0, 0.1) is 5.92 Å². The molecule has 0 unspecified atom stereocenters. The number of piperidine rings is 1. The van der Waals surface area contributed by atoms with Gasteiger partial charge in [0.15, 0.2) is 0 Å². The molecule has 1 atom stereocenters. The summed E-state index contributed by atoms with van der Waals surface area (Å²) in [5.74, 6) is 1.10. The summed E-state index contributed by atoms with van der Waals surface area (Å²) in [6, 6.07) is 9.91. The number of aromatic nitrogens is 1. The van der Waals surface area contributed by atoms with E-state index in [2.05, 4.69) is 4.98 Å².